The van der Waals surface area contributed by atoms with Crippen molar-refractivity contribution in [3.8, 4) is 0 Å². The summed E-state index contributed by atoms with van der Waals surface area (Å²) in [7, 11) is 0. The Labute approximate surface area is 120 Å². The molecule has 0 aromatic carbocycles. The van der Waals surface area contributed by atoms with E-state index in [-0.39, 0.29) is 11.9 Å². The Morgan fingerprint density at radius 1 is 1.53 bits per heavy atom. The summed E-state index contributed by atoms with van der Waals surface area (Å²) in [5, 5.41) is 6.02. The predicted octanol–water partition coefficient (Wildman–Crippen LogP) is 2.81. The highest BCUT2D eigenvalue weighted by atomic mass is 32.1. The number of likely N-dealkylation sites (tertiary alicyclic amines) is 1. The molecule has 4 nitrogen and oxygen atoms in total. The lowest BCUT2D eigenvalue weighted by Crippen LogP contribution is -2.31. The molecule has 2 aromatic heterocycles. The van der Waals surface area contributed by atoms with Crippen LogP contribution in [0.25, 0.3) is 0 Å². The maximum atomic E-state index is 12.4. The van der Waals surface area contributed by atoms with Crippen LogP contribution in [-0.4, -0.2) is 27.3 Å². The van der Waals surface area contributed by atoms with Crippen molar-refractivity contribution in [1.29, 1.82) is 0 Å². The van der Waals surface area contributed by atoms with E-state index in [2.05, 4.69) is 9.97 Å². The molecule has 0 bridgehead atoms. The van der Waals surface area contributed by atoms with E-state index in [1.807, 2.05) is 28.8 Å². The van der Waals surface area contributed by atoms with Gasteiger partial charge in [-0.25, -0.2) is 9.97 Å². The van der Waals surface area contributed by atoms with Gasteiger partial charge in [-0.05, 0) is 19.8 Å². The Morgan fingerprint density at radius 3 is 3.11 bits per heavy atom. The molecule has 6 heteroatoms. The zero-order valence-corrected chi connectivity index (χ0v) is 12.3. The number of carbonyl (C=O) groups excluding carboxylic acids is 1. The maximum absolute atomic E-state index is 12.4. The van der Waals surface area contributed by atoms with Crippen molar-refractivity contribution >= 4 is 28.6 Å². The average molecular weight is 293 g/mol. The summed E-state index contributed by atoms with van der Waals surface area (Å²) in [6, 6.07) is 0.173. The first-order valence-corrected chi connectivity index (χ1v) is 8.10. The molecular formula is C13H15N3OS2. The predicted molar refractivity (Wildman–Crippen MR) is 76.4 cm³/mol. The van der Waals surface area contributed by atoms with Crippen LogP contribution in [0.15, 0.2) is 17.0 Å². The number of thiazole rings is 2. The fourth-order valence-corrected chi connectivity index (χ4v) is 3.86. The van der Waals surface area contributed by atoms with Gasteiger partial charge >= 0.3 is 0 Å². The van der Waals surface area contributed by atoms with Gasteiger partial charge in [0.25, 0.3) is 0 Å². The van der Waals surface area contributed by atoms with Crippen LogP contribution in [0.5, 0.6) is 0 Å². The molecule has 1 saturated heterocycles. The highest BCUT2D eigenvalue weighted by Gasteiger charge is 2.31. The van der Waals surface area contributed by atoms with Crippen LogP contribution in [0.1, 0.15) is 34.6 Å². The molecule has 1 atom stereocenters. The SMILES string of the molecule is Cc1nc(CC(=O)N2CCC[C@H]2c2nccs2)cs1. The number of aromatic nitrogens is 2. The Morgan fingerprint density at radius 2 is 2.42 bits per heavy atom. The first kappa shape index (κ1) is 12.7. The van der Waals surface area contributed by atoms with Gasteiger partial charge in [-0.15, -0.1) is 22.7 Å². The van der Waals surface area contributed by atoms with Crippen molar-refractivity contribution in [3.63, 3.8) is 0 Å². The molecule has 3 rings (SSSR count). The minimum Gasteiger partial charge on any atom is -0.333 e. The molecule has 0 spiro atoms. The molecule has 100 valence electrons. The van der Waals surface area contributed by atoms with Crippen LogP contribution in [0, 0.1) is 6.92 Å². The smallest absolute Gasteiger partial charge is 0.229 e. The molecule has 0 N–H and O–H groups in total. The Hall–Kier alpha value is -1.27. The lowest BCUT2D eigenvalue weighted by molar-refractivity contribution is -0.131. The van der Waals surface area contributed by atoms with Gasteiger partial charge in [0.2, 0.25) is 5.91 Å². The third-order valence-corrected chi connectivity index (χ3v) is 5.01. The Bertz CT molecular complexity index is 564. The lowest BCUT2D eigenvalue weighted by atomic mass is 10.2. The summed E-state index contributed by atoms with van der Waals surface area (Å²) in [6.07, 6.45) is 4.30. The third-order valence-electron chi connectivity index (χ3n) is 3.31. The van der Waals surface area contributed by atoms with Crippen molar-refractivity contribution < 1.29 is 4.79 Å². The van der Waals surface area contributed by atoms with Crippen molar-refractivity contribution in [2.45, 2.75) is 32.2 Å². The lowest BCUT2D eigenvalue weighted by Gasteiger charge is -2.22. The molecule has 1 aliphatic heterocycles. The number of hydrogen-bond acceptors (Lipinski definition) is 5. The van der Waals surface area contributed by atoms with E-state index >= 15 is 0 Å². The normalized spacial score (nSPS) is 19.0. The van der Waals surface area contributed by atoms with Gasteiger partial charge in [0.1, 0.15) is 5.01 Å². The van der Waals surface area contributed by atoms with Gasteiger partial charge in [0, 0.05) is 23.5 Å². The molecule has 1 fully saturated rings. The second kappa shape index (κ2) is 5.38. The number of hydrogen-bond donors (Lipinski definition) is 0. The zero-order valence-electron chi connectivity index (χ0n) is 10.7. The van der Waals surface area contributed by atoms with Crippen LogP contribution < -0.4 is 0 Å². The van der Waals surface area contributed by atoms with Gasteiger partial charge in [-0.1, -0.05) is 0 Å². The van der Waals surface area contributed by atoms with Gasteiger partial charge < -0.3 is 4.90 Å². The Balaban J connectivity index is 1.72. The van der Waals surface area contributed by atoms with Crippen molar-refractivity contribution in [2.75, 3.05) is 6.54 Å². The van der Waals surface area contributed by atoms with Crippen LogP contribution in [0.3, 0.4) is 0 Å². The molecular weight excluding hydrogens is 278 g/mol. The van der Waals surface area contributed by atoms with Crippen LogP contribution in [-0.2, 0) is 11.2 Å². The first-order chi connectivity index (χ1) is 9.24. The maximum Gasteiger partial charge on any atom is 0.229 e. The van der Waals surface area contributed by atoms with E-state index in [4.69, 9.17) is 0 Å². The van der Waals surface area contributed by atoms with Gasteiger partial charge in [-0.3, -0.25) is 4.79 Å². The van der Waals surface area contributed by atoms with Gasteiger partial charge in [-0.2, -0.15) is 0 Å². The van der Waals surface area contributed by atoms with Crippen LogP contribution >= 0.6 is 22.7 Å². The molecule has 0 radical (unpaired) electrons. The summed E-state index contributed by atoms with van der Waals surface area (Å²) in [5.74, 6) is 0.169. The monoisotopic (exact) mass is 293 g/mol. The van der Waals surface area contributed by atoms with E-state index in [9.17, 15) is 4.79 Å². The average Bonchev–Trinajstić information content (AvgIpc) is 3.07. The second-order valence-corrected chi connectivity index (χ2v) is 6.64. The summed E-state index contributed by atoms with van der Waals surface area (Å²) < 4.78 is 0. The van der Waals surface area contributed by atoms with E-state index in [1.54, 1.807) is 22.7 Å². The third kappa shape index (κ3) is 2.69. The number of rotatable bonds is 3. The van der Waals surface area contributed by atoms with Gasteiger partial charge in [0.05, 0.1) is 23.2 Å². The molecule has 0 unspecified atom stereocenters. The van der Waals surface area contributed by atoms with Crippen molar-refractivity contribution in [3.05, 3.63) is 32.7 Å². The zero-order chi connectivity index (χ0) is 13.2. The number of aryl methyl sites for hydroxylation is 1. The first-order valence-electron chi connectivity index (χ1n) is 6.34. The van der Waals surface area contributed by atoms with Crippen LogP contribution in [0.4, 0.5) is 0 Å². The standard InChI is InChI=1S/C13H15N3OS2/c1-9-15-10(8-19-9)7-12(17)16-5-2-3-11(16)13-14-4-6-18-13/h4,6,8,11H,2-3,5,7H2,1H3/t11-/m0/s1. The number of carbonyl (C=O) groups is 1. The fourth-order valence-electron chi connectivity index (χ4n) is 2.47. The van der Waals surface area contributed by atoms with E-state index in [0.29, 0.717) is 6.42 Å². The quantitative estimate of drug-likeness (QED) is 0.874. The molecule has 19 heavy (non-hydrogen) atoms. The van der Waals surface area contributed by atoms with Gasteiger partial charge in [0.15, 0.2) is 0 Å². The summed E-state index contributed by atoms with van der Waals surface area (Å²) in [5.41, 5.74) is 0.886. The van der Waals surface area contributed by atoms with E-state index < -0.39 is 0 Å². The summed E-state index contributed by atoms with van der Waals surface area (Å²) in [4.78, 5) is 23.1. The van der Waals surface area contributed by atoms with Crippen molar-refractivity contribution in [1.82, 2.24) is 14.9 Å². The minimum atomic E-state index is 0.169. The molecule has 3 heterocycles. The summed E-state index contributed by atoms with van der Waals surface area (Å²) in [6.45, 7) is 2.80. The highest BCUT2D eigenvalue weighted by Crippen LogP contribution is 2.33. The largest absolute Gasteiger partial charge is 0.333 e. The van der Waals surface area contributed by atoms with E-state index in [1.165, 1.54) is 0 Å². The molecule has 0 aliphatic carbocycles. The molecule has 2 aromatic rings. The molecule has 0 saturated carbocycles. The van der Waals surface area contributed by atoms with Crippen LogP contribution in [0.2, 0.25) is 0 Å². The highest BCUT2D eigenvalue weighted by molar-refractivity contribution is 7.09. The van der Waals surface area contributed by atoms with Crippen molar-refractivity contribution in [2.24, 2.45) is 0 Å². The molecule has 1 aliphatic rings. The Kier molecular flexibility index (Phi) is 3.61. The summed E-state index contributed by atoms with van der Waals surface area (Å²) >= 11 is 3.23. The minimum absolute atomic E-state index is 0.169. The molecule has 1 amide bonds. The van der Waals surface area contributed by atoms with E-state index in [0.717, 1.165) is 35.1 Å². The number of amides is 1. The number of nitrogens with zero attached hydrogens (tertiary/aromatic N) is 3. The topological polar surface area (TPSA) is 46.1 Å². The second-order valence-electron chi connectivity index (χ2n) is 4.65. The fraction of sp³-hybridized carbons (Fsp3) is 0.462.